The minimum absolute atomic E-state index is 0.0620. The van der Waals surface area contributed by atoms with Crippen LogP contribution >= 0.6 is 0 Å². The van der Waals surface area contributed by atoms with Gasteiger partial charge in [0.05, 0.1) is 7.11 Å². The number of aromatic nitrogens is 1. The van der Waals surface area contributed by atoms with Gasteiger partial charge in [0.1, 0.15) is 5.56 Å². The van der Waals surface area contributed by atoms with Crippen molar-refractivity contribution in [1.82, 2.24) is 9.88 Å². The molecule has 108 valence electrons. The molecule has 0 fully saturated rings. The number of carbonyl (C=O) groups excluding carboxylic acids is 1. The van der Waals surface area contributed by atoms with Crippen molar-refractivity contribution >= 4 is 11.6 Å². The summed E-state index contributed by atoms with van der Waals surface area (Å²) in [6.07, 6.45) is 2.45. The molecule has 0 saturated heterocycles. The summed E-state index contributed by atoms with van der Waals surface area (Å²) in [6, 6.07) is 9.36. The van der Waals surface area contributed by atoms with Gasteiger partial charge in [-0.05, 0) is 41.8 Å². The molecule has 0 saturated carbocycles. The fraction of sp³-hybridized carbons (Fsp3) is 0.250. The van der Waals surface area contributed by atoms with Gasteiger partial charge < -0.3 is 15.4 Å². The Morgan fingerprint density at radius 3 is 3.00 bits per heavy atom. The average Bonchev–Trinajstić information content (AvgIpc) is 2.53. The summed E-state index contributed by atoms with van der Waals surface area (Å²) < 4.78 is 5.17. The van der Waals surface area contributed by atoms with E-state index in [1.54, 1.807) is 23.2 Å². The first-order valence-corrected chi connectivity index (χ1v) is 6.84. The van der Waals surface area contributed by atoms with E-state index in [0.717, 1.165) is 17.7 Å². The van der Waals surface area contributed by atoms with Crippen LogP contribution in [0.1, 0.15) is 21.5 Å². The Bertz CT molecular complexity index is 685. The SMILES string of the molecule is COc1ncccc1C(=O)N1CCc2ccc(N)cc2C1. The van der Waals surface area contributed by atoms with E-state index >= 15 is 0 Å². The molecule has 0 bridgehead atoms. The van der Waals surface area contributed by atoms with Crippen molar-refractivity contribution in [3.8, 4) is 5.88 Å². The molecule has 5 heteroatoms. The van der Waals surface area contributed by atoms with Gasteiger partial charge in [-0.15, -0.1) is 0 Å². The molecule has 3 rings (SSSR count). The van der Waals surface area contributed by atoms with E-state index in [0.29, 0.717) is 24.5 Å². The lowest BCUT2D eigenvalue weighted by Crippen LogP contribution is -2.36. The van der Waals surface area contributed by atoms with Gasteiger partial charge >= 0.3 is 0 Å². The van der Waals surface area contributed by atoms with Gasteiger partial charge in [-0.3, -0.25) is 4.79 Å². The molecule has 0 radical (unpaired) electrons. The van der Waals surface area contributed by atoms with Crippen LogP contribution in [0.2, 0.25) is 0 Å². The van der Waals surface area contributed by atoms with Crippen LogP contribution in [0.25, 0.3) is 0 Å². The van der Waals surface area contributed by atoms with E-state index in [9.17, 15) is 4.79 Å². The zero-order valence-corrected chi connectivity index (χ0v) is 11.9. The van der Waals surface area contributed by atoms with Crippen molar-refractivity contribution in [3.63, 3.8) is 0 Å². The predicted octanol–water partition coefficient (Wildman–Crippen LogP) is 1.87. The molecule has 0 atom stereocenters. The van der Waals surface area contributed by atoms with Crippen molar-refractivity contribution in [2.24, 2.45) is 0 Å². The highest BCUT2D eigenvalue weighted by Gasteiger charge is 2.24. The number of carbonyl (C=O) groups is 1. The first-order chi connectivity index (χ1) is 10.2. The van der Waals surface area contributed by atoms with Crippen LogP contribution in [-0.2, 0) is 13.0 Å². The van der Waals surface area contributed by atoms with Crippen molar-refractivity contribution in [1.29, 1.82) is 0 Å². The highest BCUT2D eigenvalue weighted by Crippen LogP contribution is 2.24. The molecule has 0 unspecified atom stereocenters. The van der Waals surface area contributed by atoms with Gasteiger partial charge in [-0.1, -0.05) is 6.07 Å². The van der Waals surface area contributed by atoms with Crippen LogP contribution in [0.3, 0.4) is 0 Å². The molecule has 1 aliphatic heterocycles. The number of nitrogens with zero attached hydrogens (tertiary/aromatic N) is 2. The van der Waals surface area contributed by atoms with Gasteiger partial charge in [0, 0.05) is 25.0 Å². The van der Waals surface area contributed by atoms with Gasteiger partial charge in [0.15, 0.2) is 0 Å². The number of benzene rings is 1. The van der Waals surface area contributed by atoms with E-state index in [2.05, 4.69) is 4.98 Å². The average molecular weight is 283 g/mol. The van der Waals surface area contributed by atoms with Crippen LogP contribution in [0, 0.1) is 0 Å². The summed E-state index contributed by atoms with van der Waals surface area (Å²) in [5.41, 5.74) is 9.41. The number of nitrogens with two attached hydrogens (primary N) is 1. The highest BCUT2D eigenvalue weighted by atomic mass is 16.5. The highest BCUT2D eigenvalue weighted by molar-refractivity contribution is 5.96. The quantitative estimate of drug-likeness (QED) is 0.854. The maximum Gasteiger partial charge on any atom is 0.259 e. The second kappa shape index (κ2) is 5.44. The monoisotopic (exact) mass is 283 g/mol. The van der Waals surface area contributed by atoms with Crippen LogP contribution in [0.5, 0.6) is 5.88 Å². The van der Waals surface area contributed by atoms with Crippen LogP contribution < -0.4 is 10.5 Å². The van der Waals surface area contributed by atoms with E-state index < -0.39 is 0 Å². The number of pyridine rings is 1. The van der Waals surface area contributed by atoms with Crippen molar-refractivity contribution in [3.05, 3.63) is 53.2 Å². The maximum atomic E-state index is 12.6. The fourth-order valence-corrected chi connectivity index (χ4v) is 2.64. The lowest BCUT2D eigenvalue weighted by atomic mass is 9.98. The summed E-state index contributed by atoms with van der Waals surface area (Å²) in [5.74, 6) is 0.300. The number of anilines is 1. The Morgan fingerprint density at radius 2 is 2.19 bits per heavy atom. The lowest BCUT2D eigenvalue weighted by molar-refractivity contribution is 0.0730. The van der Waals surface area contributed by atoms with Gasteiger partial charge in [0.25, 0.3) is 5.91 Å². The molecule has 0 spiro atoms. The molecule has 2 N–H and O–H groups in total. The molecule has 1 aromatic carbocycles. The van der Waals surface area contributed by atoms with Crippen LogP contribution in [-0.4, -0.2) is 29.4 Å². The normalized spacial score (nSPS) is 13.7. The van der Waals surface area contributed by atoms with E-state index in [1.165, 1.54) is 12.7 Å². The summed E-state index contributed by atoms with van der Waals surface area (Å²) in [4.78, 5) is 18.5. The van der Waals surface area contributed by atoms with Crippen LogP contribution in [0.4, 0.5) is 5.69 Å². The Hall–Kier alpha value is -2.56. The fourth-order valence-electron chi connectivity index (χ4n) is 2.64. The van der Waals surface area contributed by atoms with Crippen molar-refractivity contribution in [2.75, 3.05) is 19.4 Å². The first kappa shape index (κ1) is 13.4. The number of rotatable bonds is 2. The second-order valence-electron chi connectivity index (χ2n) is 5.07. The molecule has 1 aromatic heterocycles. The molecule has 1 amide bonds. The zero-order valence-electron chi connectivity index (χ0n) is 11.9. The standard InChI is InChI=1S/C16H17N3O2/c1-21-15-14(3-2-7-18-15)16(20)19-8-6-11-4-5-13(17)9-12(11)10-19/h2-5,7,9H,6,8,10,17H2,1H3. The van der Waals surface area contributed by atoms with Gasteiger partial charge in [-0.25, -0.2) is 4.98 Å². The second-order valence-corrected chi connectivity index (χ2v) is 5.07. The number of methoxy groups -OCH3 is 1. The topological polar surface area (TPSA) is 68.5 Å². The summed E-state index contributed by atoms with van der Waals surface area (Å²) in [5, 5.41) is 0. The minimum atomic E-state index is -0.0620. The molecule has 1 aliphatic rings. The van der Waals surface area contributed by atoms with Crippen molar-refractivity contribution < 1.29 is 9.53 Å². The third-order valence-corrected chi connectivity index (χ3v) is 3.72. The molecule has 21 heavy (non-hydrogen) atoms. The molecular formula is C16H17N3O2. The summed E-state index contributed by atoms with van der Waals surface area (Å²) >= 11 is 0. The number of hydrogen-bond acceptors (Lipinski definition) is 4. The van der Waals surface area contributed by atoms with E-state index in [4.69, 9.17) is 10.5 Å². The van der Waals surface area contributed by atoms with E-state index in [-0.39, 0.29) is 5.91 Å². The molecular weight excluding hydrogens is 266 g/mol. The summed E-state index contributed by atoms with van der Waals surface area (Å²) in [7, 11) is 1.52. The third-order valence-electron chi connectivity index (χ3n) is 3.72. The maximum absolute atomic E-state index is 12.6. The largest absolute Gasteiger partial charge is 0.480 e. The zero-order chi connectivity index (χ0) is 14.8. The van der Waals surface area contributed by atoms with Gasteiger partial charge in [0.2, 0.25) is 5.88 Å². The Kier molecular flexibility index (Phi) is 3.48. The molecule has 0 aliphatic carbocycles. The lowest BCUT2D eigenvalue weighted by Gasteiger charge is -2.29. The van der Waals surface area contributed by atoms with Crippen molar-refractivity contribution in [2.45, 2.75) is 13.0 Å². The Balaban J connectivity index is 1.87. The van der Waals surface area contributed by atoms with E-state index in [1.807, 2.05) is 18.2 Å². The molecule has 5 nitrogen and oxygen atoms in total. The predicted molar refractivity (Wildman–Crippen MR) is 80.1 cm³/mol. The number of nitrogen functional groups attached to an aromatic ring is 1. The number of fused-ring (bicyclic) bond motifs is 1. The van der Waals surface area contributed by atoms with Crippen LogP contribution in [0.15, 0.2) is 36.5 Å². The number of hydrogen-bond donors (Lipinski definition) is 1. The minimum Gasteiger partial charge on any atom is -0.480 e. The van der Waals surface area contributed by atoms with Gasteiger partial charge in [-0.2, -0.15) is 0 Å². The molecule has 2 heterocycles. The molecule has 2 aromatic rings. The smallest absolute Gasteiger partial charge is 0.259 e. The Labute approximate surface area is 123 Å². The number of amides is 1. The Morgan fingerprint density at radius 1 is 1.33 bits per heavy atom. The first-order valence-electron chi connectivity index (χ1n) is 6.84. The third kappa shape index (κ3) is 2.54. The summed E-state index contributed by atoms with van der Waals surface area (Å²) in [6.45, 7) is 1.26. The number of ether oxygens (including phenoxy) is 1.